The minimum absolute atomic E-state index is 0.0909. The number of esters is 1. The van der Waals surface area contributed by atoms with Crippen molar-refractivity contribution < 1.29 is 14.6 Å². The number of nitrogens with two attached hydrogens (primary N) is 1. The summed E-state index contributed by atoms with van der Waals surface area (Å²) in [6, 6.07) is 10.4. The average molecular weight is 273 g/mol. The van der Waals surface area contributed by atoms with Crippen LogP contribution in [0.4, 0.5) is 0 Å². The van der Waals surface area contributed by atoms with Gasteiger partial charge in [0.2, 0.25) is 0 Å². The first-order valence-corrected chi connectivity index (χ1v) is 6.44. The van der Waals surface area contributed by atoms with E-state index in [0.29, 0.717) is 5.56 Å². The smallest absolute Gasteiger partial charge is 0.313 e. The van der Waals surface area contributed by atoms with Crippen LogP contribution in [0.25, 0.3) is 10.8 Å². The van der Waals surface area contributed by atoms with E-state index in [1.54, 1.807) is 19.9 Å². The molecule has 1 atom stereocenters. The Morgan fingerprint density at radius 3 is 2.55 bits per heavy atom. The molecule has 20 heavy (non-hydrogen) atoms. The van der Waals surface area contributed by atoms with E-state index in [0.717, 1.165) is 10.8 Å². The number of carbonyl (C=O) groups excluding carboxylic acids is 1. The second kappa shape index (κ2) is 5.13. The highest BCUT2D eigenvalue weighted by Crippen LogP contribution is 2.40. The Hall–Kier alpha value is -2.07. The van der Waals surface area contributed by atoms with E-state index in [9.17, 15) is 9.90 Å². The molecule has 2 aromatic rings. The minimum atomic E-state index is -0.934. The van der Waals surface area contributed by atoms with Crippen molar-refractivity contribution in [2.45, 2.75) is 19.9 Å². The number of ether oxygens (including phenoxy) is 1. The maximum atomic E-state index is 11.9. The summed E-state index contributed by atoms with van der Waals surface area (Å²) in [4.78, 5) is 11.9. The van der Waals surface area contributed by atoms with E-state index in [-0.39, 0.29) is 5.75 Å². The van der Waals surface area contributed by atoms with Gasteiger partial charge in [0.25, 0.3) is 0 Å². The van der Waals surface area contributed by atoms with Crippen molar-refractivity contribution in [2.24, 2.45) is 11.1 Å². The van der Waals surface area contributed by atoms with Gasteiger partial charge in [0, 0.05) is 11.6 Å². The molecular weight excluding hydrogens is 254 g/mol. The maximum Gasteiger partial charge on any atom is 0.313 e. The van der Waals surface area contributed by atoms with Gasteiger partial charge in [0.05, 0.1) is 12.5 Å². The van der Waals surface area contributed by atoms with Gasteiger partial charge in [0.15, 0.2) is 0 Å². The van der Waals surface area contributed by atoms with Gasteiger partial charge in [-0.05, 0) is 30.7 Å². The molecule has 0 spiro atoms. The van der Waals surface area contributed by atoms with Crippen LogP contribution in [-0.4, -0.2) is 18.2 Å². The lowest BCUT2D eigenvalue weighted by atomic mass is 9.79. The molecule has 0 saturated carbocycles. The van der Waals surface area contributed by atoms with Gasteiger partial charge in [-0.15, -0.1) is 0 Å². The number of carbonyl (C=O) groups is 1. The molecular formula is C16H19NO3. The van der Waals surface area contributed by atoms with Crippen LogP contribution in [0.2, 0.25) is 0 Å². The Morgan fingerprint density at radius 1 is 1.25 bits per heavy atom. The fraction of sp³-hybridized carbons (Fsp3) is 0.312. The Bertz CT molecular complexity index is 649. The van der Waals surface area contributed by atoms with E-state index < -0.39 is 17.4 Å². The zero-order chi connectivity index (χ0) is 14.9. The molecule has 0 bridgehead atoms. The molecule has 0 aromatic heterocycles. The second-order valence-electron chi connectivity index (χ2n) is 5.41. The topological polar surface area (TPSA) is 72.5 Å². The van der Waals surface area contributed by atoms with Crippen molar-refractivity contribution in [3.63, 3.8) is 0 Å². The predicted octanol–water partition coefficient (Wildman–Crippen LogP) is 2.74. The highest BCUT2D eigenvalue weighted by molar-refractivity contribution is 5.89. The Morgan fingerprint density at radius 2 is 1.90 bits per heavy atom. The van der Waals surface area contributed by atoms with Gasteiger partial charge in [0.1, 0.15) is 5.75 Å². The molecule has 4 heteroatoms. The number of hydrogen-bond donors (Lipinski definition) is 2. The number of rotatable bonds is 3. The lowest BCUT2D eigenvalue weighted by Crippen LogP contribution is -2.37. The molecule has 0 aliphatic heterocycles. The number of phenolic OH excluding ortho intramolecular Hbond substituents is 1. The van der Waals surface area contributed by atoms with Crippen molar-refractivity contribution in [2.75, 3.05) is 7.11 Å². The fourth-order valence-corrected chi connectivity index (χ4v) is 2.36. The van der Waals surface area contributed by atoms with Crippen LogP contribution in [0.3, 0.4) is 0 Å². The van der Waals surface area contributed by atoms with Crippen molar-refractivity contribution in [3.8, 4) is 5.75 Å². The van der Waals surface area contributed by atoms with Crippen LogP contribution < -0.4 is 5.73 Å². The summed E-state index contributed by atoms with van der Waals surface area (Å²) in [6.07, 6.45) is 0. The van der Waals surface area contributed by atoms with Crippen molar-refractivity contribution in [1.29, 1.82) is 0 Å². The summed E-state index contributed by atoms with van der Waals surface area (Å²) in [5.74, 6) is -0.314. The number of hydrogen-bond acceptors (Lipinski definition) is 4. The van der Waals surface area contributed by atoms with E-state index in [2.05, 4.69) is 0 Å². The molecule has 0 saturated heterocycles. The van der Waals surface area contributed by atoms with E-state index >= 15 is 0 Å². The first-order valence-electron chi connectivity index (χ1n) is 6.44. The molecule has 0 aliphatic carbocycles. The van der Waals surface area contributed by atoms with Crippen LogP contribution in [0.15, 0.2) is 36.4 Å². The molecule has 0 aliphatic rings. The lowest BCUT2D eigenvalue weighted by molar-refractivity contribution is -0.152. The summed E-state index contributed by atoms with van der Waals surface area (Å²) in [7, 11) is 1.33. The molecule has 2 rings (SSSR count). The molecule has 2 aromatic carbocycles. The van der Waals surface area contributed by atoms with Gasteiger partial charge in [-0.1, -0.05) is 30.3 Å². The standard InChI is InChI=1S/C16H19NO3/c1-16(2,15(19)20-3)14(17)13-11-7-5-4-6-10(11)8-9-12(13)18/h4-9,14,18H,17H2,1-3H3/t14-/m1/s1. The molecule has 3 N–H and O–H groups in total. The Labute approximate surface area is 118 Å². The summed E-state index contributed by atoms with van der Waals surface area (Å²) in [5, 5.41) is 12.0. The summed E-state index contributed by atoms with van der Waals surface area (Å²) in [6.45, 7) is 3.43. The maximum absolute atomic E-state index is 11.9. The second-order valence-corrected chi connectivity index (χ2v) is 5.41. The molecule has 0 fully saturated rings. The molecule has 4 nitrogen and oxygen atoms in total. The molecule has 0 heterocycles. The largest absolute Gasteiger partial charge is 0.508 e. The van der Waals surface area contributed by atoms with Crippen molar-refractivity contribution in [3.05, 3.63) is 42.0 Å². The van der Waals surface area contributed by atoms with Gasteiger partial charge in [-0.3, -0.25) is 4.79 Å². The van der Waals surface area contributed by atoms with Crippen LogP contribution in [0.1, 0.15) is 25.5 Å². The van der Waals surface area contributed by atoms with Crippen LogP contribution in [0, 0.1) is 5.41 Å². The highest BCUT2D eigenvalue weighted by atomic mass is 16.5. The molecule has 0 radical (unpaired) electrons. The third-order valence-electron chi connectivity index (χ3n) is 3.75. The lowest BCUT2D eigenvalue weighted by Gasteiger charge is -2.30. The van der Waals surface area contributed by atoms with Crippen molar-refractivity contribution >= 4 is 16.7 Å². The predicted molar refractivity (Wildman–Crippen MR) is 78.3 cm³/mol. The summed E-state index contributed by atoms with van der Waals surface area (Å²) in [5.41, 5.74) is 5.89. The highest BCUT2D eigenvalue weighted by Gasteiger charge is 2.38. The number of aromatic hydroxyl groups is 1. The number of methoxy groups -OCH3 is 1. The summed E-state index contributed by atoms with van der Waals surface area (Å²) >= 11 is 0. The van der Waals surface area contributed by atoms with E-state index in [1.807, 2.05) is 30.3 Å². The first-order chi connectivity index (χ1) is 9.39. The monoisotopic (exact) mass is 273 g/mol. The van der Waals surface area contributed by atoms with Gasteiger partial charge in [-0.2, -0.15) is 0 Å². The van der Waals surface area contributed by atoms with Gasteiger partial charge < -0.3 is 15.6 Å². The van der Waals surface area contributed by atoms with E-state index in [4.69, 9.17) is 10.5 Å². The minimum Gasteiger partial charge on any atom is -0.508 e. The molecule has 106 valence electrons. The van der Waals surface area contributed by atoms with Crippen LogP contribution in [0.5, 0.6) is 5.75 Å². The van der Waals surface area contributed by atoms with E-state index in [1.165, 1.54) is 7.11 Å². The molecule has 0 amide bonds. The van der Waals surface area contributed by atoms with Gasteiger partial charge >= 0.3 is 5.97 Å². The zero-order valence-electron chi connectivity index (χ0n) is 11.9. The van der Waals surface area contributed by atoms with Crippen LogP contribution in [-0.2, 0) is 9.53 Å². The molecule has 0 unspecified atom stereocenters. The van der Waals surface area contributed by atoms with Crippen molar-refractivity contribution in [1.82, 2.24) is 0 Å². The normalized spacial score (nSPS) is 13.2. The average Bonchev–Trinajstić information content (AvgIpc) is 2.45. The summed E-state index contributed by atoms with van der Waals surface area (Å²) < 4.78 is 4.81. The Balaban J connectivity index is 2.63. The third-order valence-corrected chi connectivity index (χ3v) is 3.75. The third kappa shape index (κ3) is 2.23. The fourth-order valence-electron chi connectivity index (χ4n) is 2.36. The number of fused-ring (bicyclic) bond motifs is 1. The first kappa shape index (κ1) is 14.3. The van der Waals surface area contributed by atoms with Gasteiger partial charge in [-0.25, -0.2) is 0 Å². The number of phenols is 1. The van der Waals surface area contributed by atoms with Crippen LogP contribution >= 0.6 is 0 Å². The Kier molecular flexibility index (Phi) is 3.68. The quantitative estimate of drug-likeness (QED) is 0.843. The SMILES string of the molecule is COC(=O)C(C)(C)[C@H](N)c1c(O)ccc2ccccc12. The zero-order valence-corrected chi connectivity index (χ0v) is 11.9. The number of benzene rings is 2.